The van der Waals surface area contributed by atoms with Crippen LogP contribution >= 0.6 is 11.6 Å². The van der Waals surface area contributed by atoms with Gasteiger partial charge < -0.3 is 10.2 Å². The van der Waals surface area contributed by atoms with Gasteiger partial charge in [-0.25, -0.2) is 17.8 Å². The average molecular weight is 489 g/mol. The fourth-order valence-corrected chi connectivity index (χ4v) is 5.01. The molecule has 33 heavy (non-hydrogen) atoms. The minimum atomic E-state index is -4.20. The summed E-state index contributed by atoms with van der Waals surface area (Å²) in [5.74, 6) is -0.490. The number of carbonyl (C=O) groups is 1. The van der Waals surface area contributed by atoms with Crippen LogP contribution < -0.4 is 14.5 Å². The SMILES string of the molecule is C=CCN(c1ccc(F)cc1)S(=O)(=O)c1cc(C(=O)Nc2cccnc2N(C)C)ccc1Cl. The van der Waals surface area contributed by atoms with E-state index in [2.05, 4.69) is 16.9 Å². The van der Waals surface area contributed by atoms with Crippen molar-refractivity contribution in [1.82, 2.24) is 4.98 Å². The van der Waals surface area contributed by atoms with Crippen LogP contribution in [0.5, 0.6) is 0 Å². The monoisotopic (exact) mass is 488 g/mol. The van der Waals surface area contributed by atoms with E-state index in [1.165, 1.54) is 36.4 Å². The van der Waals surface area contributed by atoms with Crippen molar-refractivity contribution in [2.75, 3.05) is 35.2 Å². The number of sulfonamides is 1. The van der Waals surface area contributed by atoms with Gasteiger partial charge in [-0.05, 0) is 54.6 Å². The number of nitrogens with one attached hydrogen (secondary N) is 1. The summed E-state index contributed by atoms with van der Waals surface area (Å²) >= 11 is 6.23. The van der Waals surface area contributed by atoms with Crippen LogP contribution in [0.25, 0.3) is 0 Å². The number of nitrogens with zero attached hydrogens (tertiary/aromatic N) is 3. The quantitative estimate of drug-likeness (QED) is 0.469. The Bertz CT molecular complexity index is 1280. The number of anilines is 3. The van der Waals surface area contributed by atoms with Crippen LogP contribution in [0.1, 0.15) is 10.4 Å². The predicted octanol–water partition coefficient (Wildman–Crippen LogP) is 4.57. The molecule has 1 amide bonds. The van der Waals surface area contributed by atoms with Crippen molar-refractivity contribution in [3.8, 4) is 0 Å². The maximum atomic E-state index is 13.5. The fourth-order valence-electron chi connectivity index (χ4n) is 3.07. The van der Waals surface area contributed by atoms with E-state index in [9.17, 15) is 17.6 Å². The summed E-state index contributed by atoms with van der Waals surface area (Å²) < 4.78 is 41.3. The average Bonchev–Trinajstić information content (AvgIpc) is 2.78. The van der Waals surface area contributed by atoms with E-state index in [0.717, 1.165) is 16.4 Å². The number of hydrogen-bond acceptors (Lipinski definition) is 5. The molecule has 7 nitrogen and oxygen atoms in total. The minimum absolute atomic E-state index is 0.0573. The molecule has 0 aliphatic carbocycles. The molecule has 0 fully saturated rings. The van der Waals surface area contributed by atoms with Crippen molar-refractivity contribution in [2.45, 2.75) is 4.90 Å². The Morgan fingerprint density at radius 3 is 2.52 bits per heavy atom. The smallest absolute Gasteiger partial charge is 0.266 e. The van der Waals surface area contributed by atoms with E-state index >= 15 is 0 Å². The number of aromatic nitrogens is 1. The van der Waals surface area contributed by atoms with Gasteiger partial charge in [0.1, 0.15) is 10.7 Å². The summed E-state index contributed by atoms with van der Waals surface area (Å²) in [6, 6.07) is 12.3. The van der Waals surface area contributed by atoms with E-state index in [1.54, 1.807) is 37.3 Å². The molecule has 0 saturated heterocycles. The highest BCUT2D eigenvalue weighted by Gasteiger charge is 2.28. The van der Waals surface area contributed by atoms with Gasteiger partial charge in [0, 0.05) is 25.9 Å². The van der Waals surface area contributed by atoms with E-state index in [0.29, 0.717) is 11.5 Å². The summed E-state index contributed by atoms with van der Waals surface area (Å²) in [6.45, 7) is 3.52. The van der Waals surface area contributed by atoms with E-state index in [-0.39, 0.29) is 27.7 Å². The summed E-state index contributed by atoms with van der Waals surface area (Å²) in [6.07, 6.45) is 3.00. The zero-order chi connectivity index (χ0) is 24.2. The molecule has 0 unspecified atom stereocenters. The van der Waals surface area contributed by atoms with Crippen LogP contribution in [-0.2, 0) is 10.0 Å². The first-order chi connectivity index (χ1) is 15.6. The zero-order valence-electron chi connectivity index (χ0n) is 18.0. The summed E-state index contributed by atoms with van der Waals surface area (Å²) in [7, 11) is -0.631. The maximum Gasteiger partial charge on any atom is 0.266 e. The second-order valence-corrected chi connectivity index (χ2v) is 9.41. The van der Waals surface area contributed by atoms with Crippen molar-refractivity contribution >= 4 is 44.7 Å². The number of amides is 1. The van der Waals surface area contributed by atoms with Crippen molar-refractivity contribution in [3.63, 3.8) is 0 Å². The summed E-state index contributed by atoms with van der Waals surface area (Å²) in [5.41, 5.74) is 0.781. The van der Waals surface area contributed by atoms with E-state index in [1.807, 2.05) is 0 Å². The number of benzene rings is 2. The van der Waals surface area contributed by atoms with Gasteiger partial charge in [-0.3, -0.25) is 9.10 Å². The molecule has 2 aromatic carbocycles. The normalized spacial score (nSPS) is 11.0. The predicted molar refractivity (Wildman–Crippen MR) is 129 cm³/mol. The summed E-state index contributed by atoms with van der Waals surface area (Å²) in [4.78, 5) is 18.6. The highest BCUT2D eigenvalue weighted by molar-refractivity contribution is 7.93. The van der Waals surface area contributed by atoms with Gasteiger partial charge in [0.25, 0.3) is 15.9 Å². The molecule has 1 heterocycles. The topological polar surface area (TPSA) is 82.6 Å². The van der Waals surface area contributed by atoms with E-state index in [4.69, 9.17) is 11.6 Å². The third kappa shape index (κ3) is 5.32. The van der Waals surface area contributed by atoms with Gasteiger partial charge in [-0.1, -0.05) is 17.7 Å². The first-order valence-electron chi connectivity index (χ1n) is 9.77. The molecule has 10 heteroatoms. The van der Waals surface area contributed by atoms with Crippen LogP contribution in [0, 0.1) is 5.82 Å². The number of halogens is 2. The molecule has 172 valence electrons. The fraction of sp³-hybridized carbons (Fsp3) is 0.130. The Labute approximate surface area is 197 Å². The van der Waals surface area contributed by atoms with Crippen LogP contribution in [0.15, 0.2) is 78.3 Å². The second-order valence-electron chi connectivity index (χ2n) is 7.17. The zero-order valence-corrected chi connectivity index (χ0v) is 19.6. The Balaban J connectivity index is 2.00. The van der Waals surface area contributed by atoms with Gasteiger partial charge in [0.2, 0.25) is 0 Å². The Hall–Kier alpha value is -3.43. The van der Waals surface area contributed by atoms with Crippen LogP contribution in [-0.4, -0.2) is 39.9 Å². The molecule has 1 aromatic heterocycles. The molecule has 3 rings (SSSR count). The molecular formula is C23H22ClFN4O3S. The molecule has 0 aliphatic heterocycles. The molecule has 0 aliphatic rings. The third-order valence-electron chi connectivity index (χ3n) is 4.63. The Kier molecular flexibility index (Phi) is 7.35. The number of hydrogen-bond donors (Lipinski definition) is 1. The summed E-state index contributed by atoms with van der Waals surface area (Å²) in [5, 5.41) is 2.69. The lowest BCUT2D eigenvalue weighted by atomic mass is 10.2. The third-order valence-corrected chi connectivity index (χ3v) is 6.90. The highest BCUT2D eigenvalue weighted by atomic mass is 35.5. The van der Waals surface area contributed by atoms with E-state index < -0.39 is 21.7 Å². The van der Waals surface area contributed by atoms with Gasteiger partial charge in [0.05, 0.1) is 22.9 Å². The Morgan fingerprint density at radius 1 is 1.18 bits per heavy atom. The van der Waals surface area contributed by atoms with Crippen LogP contribution in [0.2, 0.25) is 5.02 Å². The number of pyridine rings is 1. The molecule has 0 bridgehead atoms. The molecule has 0 spiro atoms. The van der Waals surface area contributed by atoms with Crippen LogP contribution in [0.3, 0.4) is 0 Å². The van der Waals surface area contributed by atoms with Gasteiger partial charge in [-0.15, -0.1) is 6.58 Å². The van der Waals surface area contributed by atoms with Crippen molar-refractivity contribution in [3.05, 3.63) is 89.9 Å². The van der Waals surface area contributed by atoms with Crippen LogP contribution in [0.4, 0.5) is 21.6 Å². The Morgan fingerprint density at radius 2 is 1.88 bits per heavy atom. The standard InChI is InChI=1S/C23H22ClFN4O3S/c1-4-14-29(18-10-8-17(25)9-11-18)33(31,32)21-15-16(7-12-19(21)24)23(30)27-20-6-5-13-26-22(20)28(2)3/h4-13,15H,1,14H2,2-3H3,(H,27,30). The lowest BCUT2D eigenvalue weighted by Gasteiger charge is -2.24. The largest absolute Gasteiger partial charge is 0.361 e. The second kappa shape index (κ2) is 10.0. The van der Waals surface area contributed by atoms with Gasteiger partial charge in [-0.2, -0.15) is 0 Å². The molecule has 0 saturated carbocycles. The maximum absolute atomic E-state index is 13.5. The van der Waals surface area contributed by atoms with Gasteiger partial charge >= 0.3 is 0 Å². The van der Waals surface area contributed by atoms with Crippen molar-refractivity contribution < 1.29 is 17.6 Å². The van der Waals surface area contributed by atoms with Gasteiger partial charge in [0.15, 0.2) is 5.82 Å². The van der Waals surface area contributed by atoms with Crippen molar-refractivity contribution in [2.24, 2.45) is 0 Å². The first kappa shape index (κ1) is 24.2. The number of rotatable bonds is 8. The number of carbonyl (C=O) groups excluding carboxylic acids is 1. The lowest BCUT2D eigenvalue weighted by molar-refractivity contribution is 0.102. The molecular weight excluding hydrogens is 467 g/mol. The lowest BCUT2D eigenvalue weighted by Crippen LogP contribution is -2.31. The minimum Gasteiger partial charge on any atom is -0.361 e. The molecule has 0 radical (unpaired) electrons. The molecule has 3 aromatic rings. The molecule has 0 atom stereocenters. The van der Waals surface area contributed by atoms with Crippen molar-refractivity contribution in [1.29, 1.82) is 0 Å². The molecule has 1 N–H and O–H groups in total. The highest BCUT2D eigenvalue weighted by Crippen LogP contribution is 2.30. The first-order valence-corrected chi connectivity index (χ1v) is 11.6.